The SMILES string of the molecule is Brc1cccc(-c2nc(-c3ccccc3)nc(-c3ccccc3)n2)c1.CC1(C)OB(c2ccc3cc4oc5ccccc5c4cc3c2)OC1(C)C.c1ccc(-c2nc(-c3ccccc3)nc(-c3cccc(-c4ccc5cc6oc7ccccc7c6cc5c4)c3)n2)cc1. The number of fused-ring (bicyclic) bond motifs is 8. The Morgan fingerprint density at radius 2 is 0.630 bits per heavy atom. The molecule has 17 rings (SSSR count). The minimum absolute atomic E-state index is 0.336. The van der Waals surface area contributed by atoms with Gasteiger partial charge < -0.3 is 18.1 Å². The number of aromatic nitrogens is 6. The number of hydrogen-bond acceptors (Lipinski definition) is 10. The number of halogens is 1. The Balaban J connectivity index is 0.000000120. The molecule has 0 N–H and O–H groups in total. The minimum Gasteiger partial charge on any atom is -0.456 e. The van der Waals surface area contributed by atoms with Crippen LogP contribution in [0.25, 0.3) is 145 Å². The van der Waals surface area contributed by atoms with E-state index in [1.165, 1.54) is 5.39 Å². The Kier molecular flexibility index (Phi) is 15.2. The lowest BCUT2D eigenvalue weighted by Gasteiger charge is -2.32. The Morgan fingerprint density at radius 3 is 1.09 bits per heavy atom. The van der Waals surface area contributed by atoms with E-state index >= 15 is 0 Å². The van der Waals surface area contributed by atoms with Crippen LogP contribution in [0.15, 0.2) is 292 Å². The molecule has 0 aliphatic carbocycles. The molecular formula is C80H58BBrN6O4. The molecule has 12 heteroatoms. The summed E-state index contributed by atoms with van der Waals surface area (Å²) in [6, 6.07) is 94.4. The number of rotatable bonds is 8. The molecule has 92 heavy (non-hydrogen) atoms. The minimum atomic E-state index is -0.346. The van der Waals surface area contributed by atoms with Crippen molar-refractivity contribution in [1.82, 2.24) is 29.9 Å². The molecule has 0 bridgehead atoms. The molecule has 16 aromatic rings. The van der Waals surface area contributed by atoms with E-state index in [0.717, 1.165) is 114 Å². The molecule has 12 aromatic carbocycles. The maximum Gasteiger partial charge on any atom is 0.494 e. The van der Waals surface area contributed by atoms with Crippen LogP contribution >= 0.6 is 15.9 Å². The van der Waals surface area contributed by atoms with E-state index in [9.17, 15) is 0 Å². The zero-order chi connectivity index (χ0) is 62.3. The van der Waals surface area contributed by atoms with E-state index in [0.29, 0.717) is 34.9 Å². The van der Waals surface area contributed by atoms with E-state index in [2.05, 4.69) is 152 Å². The smallest absolute Gasteiger partial charge is 0.456 e. The number of hydrogen-bond donors (Lipinski definition) is 0. The molecule has 0 saturated carbocycles. The second-order valence-corrected chi connectivity index (χ2v) is 24.7. The van der Waals surface area contributed by atoms with Crippen molar-refractivity contribution in [2.75, 3.05) is 0 Å². The topological polar surface area (TPSA) is 122 Å². The van der Waals surface area contributed by atoms with Gasteiger partial charge in [-0.25, -0.2) is 29.9 Å². The number of furan rings is 2. The molecule has 0 amide bonds. The van der Waals surface area contributed by atoms with Crippen LogP contribution in [0.1, 0.15) is 27.7 Å². The van der Waals surface area contributed by atoms with Crippen LogP contribution in [0.5, 0.6) is 0 Å². The molecule has 0 radical (unpaired) electrons. The van der Waals surface area contributed by atoms with Crippen molar-refractivity contribution < 1.29 is 18.1 Å². The Hall–Kier alpha value is -10.8. The predicted octanol–water partition coefficient (Wildman–Crippen LogP) is 20.3. The standard InChI is InChI=1S/C37H23N3O.C22H21BO3.C21H14BrN3/c1-3-10-24(11-4-1)35-38-36(25-12-5-2-6-13-25)40-37(39-35)29-15-9-14-26(20-29)27-18-19-28-23-34-32(22-30(28)21-27)31-16-7-8-17-33(31)41-34;1-21(2)22(3,4)26-23(25-21)16-10-9-14-13-20-18(12-15(14)11-16)17-7-5-6-8-19(17)24-20;22-18-13-7-12-17(14-18)21-24-19(15-8-3-1-4-9-15)23-20(25-21)16-10-5-2-6-11-16/h1-23H;5-13H,1-4H3;1-14H. The van der Waals surface area contributed by atoms with E-state index < -0.39 is 0 Å². The molecule has 1 aliphatic heterocycles. The van der Waals surface area contributed by atoms with Gasteiger partial charge in [0.15, 0.2) is 34.9 Å². The predicted molar refractivity (Wildman–Crippen MR) is 377 cm³/mol. The van der Waals surface area contributed by atoms with E-state index in [1.54, 1.807) is 0 Å². The lowest BCUT2D eigenvalue weighted by Crippen LogP contribution is -2.41. The Labute approximate surface area is 540 Å². The zero-order valence-corrected chi connectivity index (χ0v) is 52.4. The monoisotopic (exact) mass is 1260 g/mol. The first-order valence-electron chi connectivity index (χ1n) is 30.6. The lowest BCUT2D eigenvalue weighted by atomic mass is 9.78. The normalized spacial score (nSPS) is 13.3. The highest BCUT2D eigenvalue weighted by molar-refractivity contribution is 9.10. The number of para-hydroxylation sites is 2. The van der Waals surface area contributed by atoms with Gasteiger partial charge in [0, 0.05) is 59.4 Å². The molecule has 5 heterocycles. The zero-order valence-electron chi connectivity index (χ0n) is 50.8. The van der Waals surface area contributed by atoms with Crippen molar-refractivity contribution in [2.24, 2.45) is 0 Å². The quantitative estimate of drug-likeness (QED) is 0.136. The van der Waals surface area contributed by atoms with Crippen molar-refractivity contribution in [3.63, 3.8) is 0 Å². The first kappa shape index (κ1) is 57.7. The van der Waals surface area contributed by atoms with Crippen molar-refractivity contribution in [1.29, 1.82) is 0 Å². The van der Waals surface area contributed by atoms with Gasteiger partial charge in [0.25, 0.3) is 0 Å². The third-order valence-electron chi connectivity index (χ3n) is 17.2. The van der Waals surface area contributed by atoms with Crippen LogP contribution < -0.4 is 5.46 Å². The summed E-state index contributed by atoms with van der Waals surface area (Å²) in [6.07, 6.45) is 0. The van der Waals surface area contributed by atoms with Gasteiger partial charge in [-0.3, -0.25) is 0 Å². The van der Waals surface area contributed by atoms with Gasteiger partial charge in [-0.2, -0.15) is 0 Å². The van der Waals surface area contributed by atoms with Crippen molar-refractivity contribution in [3.05, 3.63) is 284 Å². The van der Waals surface area contributed by atoms with Crippen LogP contribution in [0.4, 0.5) is 0 Å². The molecular weight excluding hydrogens is 1200 g/mol. The van der Waals surface area contributed by atoms with E-state index in [-0.39, 0.29) is 18.3 Å². The van der Waals surface area contributed by atoms with Gasteiger partial charge in [0.2, 0.25) is 0 Å². The van der Waals surface area contributed by atoms with E-state index in [4.69, 9.17) is 43.1 Å². The molecule has 4 aromatic heterocycles. The van der Waals surface area contributed by atoms with Gasteiger partial charge in [0.05, 0.1) is 11.2 Å². The van der Waals surface area contributed by atoms with Crippen molar-refractivity contribution in [3.8, 4) is 79.5 Å². The fourth-order valence-electron chi connectivity index (χ4n) is 11.6. The Morgan fingerprint density at radius 1 is 0.272 bits per heavy atom. The van der Waals surface area contributed by atoms with Crippen molar-refractivity contribution in [2.45, 2.75) is 38.9 Å². The lowest BCUT2D eigenvalue weighted by molar-refractivity contribution is 0.00578. The van der Waals surface area contributed by atoms with Crippen LogP contribution in [0.2, 0.25) is 0 Å². The highest BCUT2D eigenvalue weighted by Gasteiger charge is 2.51. The summed E-state index contributed by atoms with van der Waals surface area (Å²) in [7, 11) is -0.346. The van der Waals surface area contributed by atoms with Crippen molar-refractivity contribution >= 4 is 93.9 Å². The fraction of sp³-hybridized carbons (Fsp3) is 0.0750. The van der Waals surface area contributed by atoms with Gasteiger partial charge in [0.1, 0.15) is 22.3 Å². The average molecular weight is 1260 g/mol. The second-order valence-electron chi connectivity index (χ2n) is 23.8. The molecule has 0 spiro atoms. The van der Waals surface area contributed by atoms with Gasteiger partial charge in [-0.1, -0.05) is 234 Å². The van der Waals surface area contributed by atoms with Crippen LogP contribution in [-0.2, 0) is 9.31 Å². The molecule has 0 atom stereocenters. The van der Waals surface area contributed by atoms with Gasteiger partial charge in [-0.15, -0.1) is 0 Å². The summed E-state index contributed by atoms with van der Waals surface area (Å²) < 4.78 is 25.5. The highest BCUT2D eigenvalue weighted by Crippen LogP contribution is 2.39. The first-order valence-corrected chi connectivity index (χ1v) is 31.4. The molecule has 1 saturated heterocycles. The summed E-state index contributed by atoms with van der Waals surface area (Å²) in [4.78, 5) is 28.7. The summed E-state index contributed by atoms with van der Waals surface area (Å²) in [6.45, 7) is 8.31. The third-order valence-corrected chi connectivity index (χ3v) is 17.7. The summed E-state index contributed by atoms with van der Waals surface area (Å²) in [5, 5.41) is 9.18. The third kappa shape index (κ3) is 11.6. The summed E-state index contributed by atoms with van der Waals surface area (Å²) in [5.74, 6) is 3.96. The number of nitrogens with zero attached hydrogens (tertiary/aromatic N) is 6. The Bertz CT molecular complexity index is 5260. The molecule has 1 fully saturated rings. The number of benzene rings is 12. The maximum atomic E-state index is 6.20. The van der Waals surface area contributed by atoms with Gasteiger partial charge >= 0.3 is 7.12 Å². The molecule has 442 valence electrons. The van der Waals surface area contributed by atoms with Crippen LogP contribution in [0, 0.1) is 0 Å². The van der Waals surface area contributed by atoms with E-state index in [1.807, 2.05) is 176 Å². The second kappa shape index (κ2) is 24.2. The molecule has 0 unspecified atom stereocenters. The highest BCUT2D eigenvalue weighted by atomic mass is 79.9. The van der Waals surface area contributed by atoms with Crippen LogP contribution in [-0.4, -0.2) is 48.2 Å². The maximum absolute atomic E-state index is 6.20. The largest absolute Gasteiger partial charge is 0.494 e. The molecule has 10 nitrogen and oxygen atoms in total. The van der Waals surface area contributed by atoms with Gasteiger partial charge in [-0.05, 0) is 126 Å². The first-order chi connectivity index (χ1) is 44.9. The summed E-state index contributed by atoms with van der Waals surface area (Å²) >= 11 is 3.52. The van der Waals surface area contributed by atoms with Crippen LogP contribution in [0.3, 0.4) is 0 Å². The molecule has 1 aliphatic rings. The summed E-state index contributed by atoms with van der Waals surface area (Å²) in [5.41, 5.74) is 12.0. The fourth-order valence-corrected chi connectivity index (χ4v) is 12.0. The average Bonchev–Trinajstić information content (AvgIpc) is 1.60.